The average Bonchev–Trinajstić information content (AvgIpc) is 2.60. The Bertz CT molecular complexity index is 579. The second-order valence-electron chi connectivity index (χ2n) is 6.09. The zero-order valence-corrected chi connectivity index (χ0v) is 17.8. The van der Waals surface area contributed by atoms with E-state index in [1.807, 2.05) is 23.6 Å². The van der Waals surface area contributed by atoms with Gasteiger partial charge in [-0.2, -0.15) is 0 Å². The van der Waals surface area contributed by atoms with E-state index in [0.717, 1.165) is 18.5 Å². The van der Waals surface area contributed by atoms with Gasteiger partial charge in [-0.15, -0.1) is 0 Å². The Morgan fingerprint density at radius 1 is 0.885 bits per heavy atom. The molecule has 3 N–H and O–H groups in total. The number of nitrogens with two attached hydrogens (primary N) is 1. The van der Waals surface area contributed by atoms with Crippen molar-refractivity contribution >= 4 is 19.7 Å². The third-order valence-corrected chi connectivity index (χ3v) is 7.09. The molecule has 0 fully saturated rings. The smallest absolute Gasteiger partial charge is 0.172 e. The molecule has 0 atom stereocenters. The minimum absolute atomic E-state index is 0.0216. The second-order valence-corrected chi connectivity index (χ2v) is 10.5. The van der Waals surface area contributed by atoms with Gasteiger partial charge in [-0.1, -0.05) is 20.4 Å². The molecule has 0 saturated heterocycles. The quantitative estimate of drug-likeness (QED) is 0.297. The molecule has 10 heteroatoms. The molecule has 8 nitrogen and oxygen atoms in total. The number of hydrogen-bond acceptors (Lipinski definition) is 8. The first-order chi connectivity index (χ1) is 12.2. The molecule has 0 heterocycles. The number of rotatable bonds is 17. The molecule has 0 saturated carbocycles. The Labute approximate surface area is 159 Å². The lowest BCUT2D eigenvalue weighted by atomic mass is 10.4. The van der Waals surface area contributed by atoms with Gasteiger partial charge in [0.1, 0.15) is 0 Å². The Morgan fingerprint density at radius 2 is 1.42 bits per heavy atom. The number of nitrogens with zero attached hydrogens (tertiary/aromatic N) is 2. The normalized spacial score (nSPS) is 12.8. The van der Waals surface area contributed by atoms with Crippen LogP contribution in [0.2, 0.25) is 0 Å². The van der Waals surface area contributed by atoms with Gasteiger partial charge in [0.2, 0.25) is 0 Å². The topological polar surface area (TPSA) is 113 Å². The van der Waals surface area contributed by atoms with Crippen LogP contribution >= 0.6 is 0 Å². The van der Waals surface area contributed by atoms with Gasteiger partial charge in [-0.05, 0) is 13.1 Å². The van der Waals surface area contributed by atoms with Crippen molar-refractivity contribution in [2.45, 2.75) is 13.8 Å². The summed E-state index contributed by atoms with van der Waals surface area (Å²) in [7, 11) is -6.28. The maximum atomic E-state index is 12.2. The molecule has 0 amide bonds. The van der Waals surface area contributed by atoms with Crippen LogP contribution in [0.4, 0.5) is 0 Å². The molecular formula is C16H36N4O4S2. The fraction of sp³-hybridized carbons (Fsp3) is 0.875. The largest absolute Gasteiger partial charge is 0.329 e. The molecular weight excluding hydrogens is 376 g/mol. The molecule has 0 aliphatic carbocycles. The summed E-state index contributed by atoms with van der Waals surface area (Å²) in [6, 6.07) is 0. The molecule has 0 aliphatic rings. The Morgan fingerprint density at radius 3 is 1.88 bits per heavy atom. The van der Waals surface area contributed by atoms with Crippen LogP contribution in [0.5, 0.6) is 0 Å². The van der Waals surface area contributed by atoms with Gasteiger partial charge >= 0.3 is 0 Å². The zero-order chi connectivity index (χ0) is 20.1. The summed E-state index contributed by atoms with van der Waals surface area (Å²) in [5.74, 6) is 0.301. The fourth-order valence-electron chi connectivity index (χ4n) is 2.34. The van der Waals surface area contributed by atoms with E-state index in [1.165, 1.54) is 0 Å². The van der Waals surface area contributed by atoms with Crippen molar-refractivity contribution in [2.24, 2.45) is 5.73 Å². The van der Waals surface area contributed by atoms with Crippen molar-refractivity contribution in [1.82, 2.24) is 15.1 Å². The third kappa shape index (κ3) is 12.8. The van der Waals surface area contributed by atoms with Crippen LogP contribution in [-0.2, 0) is 19.7 Å². The molecule has 0 rings (SSSR count). The van der Waals surface area contributed by atoms with E-state index >= 15 is 0 Å². The summed E-state index contributed by atoms with van der Waals surface area (Å²) in [4.78, 5) is 4.08. The van der Waals surface area contributed by atoms with Crippen molar-refractivity contribution in [1.29, 1.82) is 0 Å². The van der Waals surface area contributed by atoms with Crippen LogP contribution in [0.1, 0.15) is 13.8 Å². The lowest BCUT2D eigenvalue weighted by Crippen LogP contribution is -2.38. The SMILES string of the molecule is C=CS(=O)(=O)CCNCCN(CC)CCS(=O)(=O)CCN(CC)CCN. The van der Waals surface area contributed by atoms with Gasteiger partial charge < -0.3 is 20.9 Å². The maximum Gasteiger partial charge on any atom is 0.172 e. The Hall–Kier alpha value is -0.520. The molecule has 0 aromatic heterocycles. The summed E-state index contributed by atoms with van der Waals surface area (Å²) >= 11 is 0. The highest BCUT2D eigenvalue weighted by Crippen LogP contribution is 1.97. The number of nitrogens with one attached hydrogen (secondary N) is 1. The highest BCUT2D eigenvalue weighted by molar-refractivity contribution is 7.94. The number of sulfone groups is 2. The van der Waals surface area contributed by atoms with E-state index in [0.29, 0.717) is 45.8 Å². The van der Waals surface area contributed by atoms with E-state index < -0.39 is 19.7 Å². The Balaban J connectivity index is 4.13. The van der Waals surface area contributed by atoms with E-state index in [9.17, 15) is 16.8 Å². The Kier molecular flexibility index (Phi) is 13.3. The van der Waals surface area contributed by atoms with Crippen LogP contribution in [0.3, 0.4) is 0 Å². The lowest BCUT2D eigenvalue weighted by Gasteiger charge is -2.22. The van der Waals surface area contributed by atoms with Gasteiger partial charge in [0.25, 0.3) is 0 Å². The minimum Gasteiger partial charge on any atom is -0.329 e. The van der Waals surface area contributed by atoms with Crippen molar-refractivity contribution < 1.29 is 16.8 Å². The fourth-order valence-corrected chi connectivity index (χ4v) is 4.21. The van der Waals surface area contributed by atoms with Gasteiger partial charge in [-0.25, -0.2) is 16.8 Å². The van der Waals surface area contributed by atoms with E-state index in [2.05, 4.69) is 11.9 Å². The summed E-state index contributed by atoms with van der Waals surface area (Å²) in [5, 5.41) is 4.03. The van der Waals surface area contributed by atoms with Crippen molar-refractivity contribution in [2.75, 3.05) is 76.2 Å². The number of hydrogen-bond donors (Lipinski definition) is 2. The molecule has 26 heavy (non-hydrogen) atoms. The van der Waals surface area contributed by atoms with Crippen molar-refractivity contribution in [3.05, 3.63) is 12.0 Å². The highest BCUT2D eigenvalue weighted by atomic mass is 32.2. The lowest BCUT2D eigenvalue weighted by molar-refractivity contribution is 0.302. The monoisotopic (exact) mass is 412 g/mol. The van der Waals surface area contributed by atoms with E-state index in [-0.39, 0.29) is 17.3 Å². The molecule has 0 aliphatic heterocycles. The van der Waals surface area contributed by atoms with Crippen molar-refractivity contribution in [3.63, 3.8) is 0 Å². The molecule has 0 aromatic rings. The third-order valence-electron chi connectivity index (χ3n) is 4.20. The predicted molar refractivity (Wildman–Crippen MR) is 109 cm³/mol. The average molecular weight is 413 g/mol. The predicted octanol–water partition coefficient (Wildman–Crippen LogP) is -0.848. The summed E-state index contributed by atoms with van der Waals surface area (Å²) in [6.07, 6.45) is 0. The standard InChI is InChI=1S/C16H36N4O4S2/c1-4-19(10-7-17)12-15-26(23,24)16-13-20(5-2)11-8-18-9-14-25(21,22)6-3/h6,18H,3-5,7-17H2,1-2H3. The van der Waals surface area contributed by atoms with Crippen LogP contribution in [-0.4, -0.2) is 103 Å². The zero-order valence-electron chi connectivity index (χ0n) is 16.2. The molecule has 0 radical (unpaired) electrons. The van der Waals surface area contributed by atoms with Crippen LogP contribution in [0.25, 0.3) is 0 Å². The van der Waals surface area contributed by atoms with Gasteiger partial charge in [0.15, 0.2) is 19.7 Å². The first kappa shape index (κ1) is 25.5. The van der Waals surface area contributed by atoms with Crippen LogP contribution in [0, 0.1) is 0 Å². The second kappa shape index (κ2) is 13.6. The van der Waals surface area contributed by atoms with Gasteiger partial charge in [0, 0.05) is 51.2 Å². The molecule has 0 aromatic carbocycles. The maximum absolute atomic E-state index is 12.2. The molecule has 0 spiro atoms. The first-order valence-corrected chi connectivity index (χ1v) is 12.6. The highest BCUT2D eigenvalue weighted by Gasteiger charge is 2.15. The molecule has 156 valence electrons. The summed E-state index contributed by atoms with van der Waals surface area (Å²) in [5.41, 5.74) is 5.52. The molecule has 0 bridgehead atoms. The van der Waals surface area contributed by atoms with E-state index in [4.69, 9.17) is 5.73 Å². The summed E-state index contributed by atoms with van der Waals surface area (Å²) in [6.45, 7) is 12.7. The number of likely N-dealkylation sites (N-methyl/N-ethyl adjacent to an activating group) is 2. The van der Waals surface area contributed by atoms with Crippen LogP contribution < -0.4 is 11.1 Å². The van der Waals surface area contributed by atoms with Crippen molar-refractivity contribution in [3.8, 4) is 0 Å². The van der Waals surface area contributed by atoms with Gasteiger partial charge in [-0.3, -0.25) is 0 Å². The van der Waals surface area contributed by atoms with E-state index in [1.54, 1.807) is 0 Å². The van der Waals surface area contributed by atoms with Gasteiger partial charge in [0.05, 0.1) is 17.3 Å². The first-order valence-electron chi connectivity index (χ1n) is 9.10. The molecule has 0 unspecified atom stereocenters. The van der Waals surface area contributed by atoms with Crippen LogP contribution in [0.15, 0.2) is 12.0 Å². The summed E-state index contributed by atoms with van der Waals surface area (Å²) < 4.78 is 47.0. The minimum atomic E-state index is -3.18.